The lowest BCUT2D eigenvalue weighted by atomic mass is 9.75. The standard InChI is InChI=1S/C30H34N2O7/c1-9-30(26(35)38-28(2,3)4,27(36)39-29(5,6)7)19-15-21-23-18(14-17-12-10-11-13-20(17)31-23)16-32(21)24(33)22(19)25(34)37-8/h10-15H,9,16H2,1-8H3. The molecule has 1 aliphatic rings. The molecule has 1 aliphatic heterocycles. The van der Waals surface area contributed by atoms with Crippen LogP contribution in [0, 0.1) is 0 Å². The second-order valence-corrected chi connectivity index (χ2v) is 11.7. The number of esters is 3. The highest BCUT2D eigenvalue weighted by atomic mass is 16.6. The van der Waals surface area contributed by atoms with Crippen LogP contribution in [0.25, 0.3) is 22.3 Å². The zero-order chi connectivity index (χ0) is 28.9. The first-order chi connectivity index (χ1) is 18.1. The fourth-order valence-electron chi connectivity index (χ4n) is 4.82. The normalized spacial score (nSPS) is 13.0. The molecule has 0 radical (unpaired) electrons. The van der Waals surface area contributed by atoms with E-state index in [0.29, 0.717) is 11.4 Å². The van der Waals surface area contributed by atoms with Gasteiger partial charge in [-0.1, -0.05) is 25.1 Å². The second-order valence-electron chi connectivity index (χ2n) is 11.7. The zero-order valence-corrected chi connectivity index (χ0v) is 23.6. The Hall–Kier alpha value is -4.01. The van der Waals surface area contributed by atoms with Crippen LogP contribution < -0.4 is 5.56 Å². The van der Waals surface area contributed by atoms with Crippen LogP contribution >= 0.6 is 0 Å². The van der Waals surface area contributed by atoms with E-state index in [2.05, 4.69) is 0 Å². The Labute approximate surface area is 227 Å². The van der Waals surface area contributed by atoms with E-state index in [1.54, 1.807) is 48.5 Å². The van der Waals surface area contributed by atoms with Crippen molar-refractivity contribution in [2.24, 2.45) is 0 Å². The Morgan fingerprint density at radius 2 is 1.54 bits per heavy atom. The summed E-state index contributed by atoms with van der Waals surface area (Å²) in [5, 5.41) is 0.899. The number of methoxy groups -OCH3 is 1. The van der Waals surface area contributed by atoms with E-state index in [1.807, 2.05) is 30.3 Å². The number of carbonyl (C=O) groups excluding carboxylic acids is 3. The van der Waals surface area contributed by atoms with Crippen LogP contribution in [0.15, 0.2) is 41.2 Å². The van der Waals surface area contributed by atoms with Gasteiger partial charge in [0.15, 0.2) is 5.41 Å². The number of fused-ring (bicyclic) bond motifs is 4. The third kappa shape index (κ3) is 4.93. The van der Waals surface area contributed by atoms with Crippen LogP contribution in [-0.2, 0) is 35.8 Å². The highest BCUT2D eigenvalue weighted by Crippen LogP contribution is 2.40. The van der Waals surface area contributed by atoms with Crippen molar-refractivity contribution in [2.75, 3.05) is 7.11 Å². The Bertz CT molecular complexity index is 1530. The lowest BCUT2D eigenvalue weighted by Gasteiger charge is -2.35. The van der Waals surface area contributed by atoms with Gasteiger partial charge in [-0.05, 0) is 66.2 Å². The summed E-state index contributed by atoms with van der Waals surface area (Å²) in [4.78, 5) is 59.7. The Balaban J connectivity index is 2.09. The molecule has 0 amide bonds. The first-order valence-corrected chi connectivity index (χ1v) is 12.9. The van der Waals surface area contributed by atoms with E-state index in [-0.39, 0.29) is 18.5 Å². The quantitative estimate of drug-likeness (QED) is 0.208. The first-order valence-electron chi connectivity index (χ1n) is 12.9. The Morgan fingerprint density at radius 3 is 2.08 bits per heavy atom. The monoisotopic (exact) mass is 534 g/mol. The fraction of sp³-hybridized carbons (Fsp3) is 0.433. The lowest BCUT2D eigenvalue weighted by Crippen LogP contribution is -2.51. The number of hydrogen-bond donors (Lipinski definition) is 0. The van der Waals surface area contributed by atoms with Crippen LogP contribution in [0.1, 0.15) is 76.4 Å². The van der Waals surface area contributed by atoms with Crippen LogP contribution in [0.3, 0.4) is 0 Å². The van der Waals surface area contributed by atoms with Crippen LogP contribution in [0.4, 0.5) is 0 Å². The molecule has 0 atom stereocenters. The van der Waals surface area contributed by atoms with Gasteiger partial charge in [0.05, 0.1) is 30.6 Å². The van der Waals surface area contributed by atoms with E-state index in [9.17, 15) is 19.2 Å². The summed E-state index contributed by atoms with van der Waals surface area (Å²) in [5.74, 6) is -2.82. The third-order valence-corrected chi connectivity index (χ3v) is 6.55. The van der Waals surface area contributed by atoms with Gasteiger partial charge in [0.1, 0.15) is 16.8 Å². The molecular formula is C30H34N2O7. The van der Waals surface area contributed by atoms with Crippen molar-refractivity contribution in [2.45, 2.75) is 78.0 Å². The summed E-state index contributed by atoms with van der Waals surface area (Å²) >= 11 is 0. The summed E-state index contributed by atoms with van der Waals surface area (Å²) in [6.45, 7) is 11.8. The van der Waals surface area contributed by atoms with Gasteiger partial charge in [-0.15, -0.1) is 0 Å². The van der Waals surface area contributed by atoms with Crippen molar-refractivity contribution >= 4 is 28.8 Å². The number of rotatable bonds is 5. The SMILES string of the molecule is CCC(C(=O)OC(C)(C)C)(C(=O)OC(C)(C)C)c1cc2n(c(=O)c1C(=O)OC)Cc1cc3ccccc3nc1-2. The molecule has 0 unspecified atom stereocenters. The zero-order valence-electron chi connectivity index (χ0n) is 23.6. The van der Waals surface area contributed by atoms with Gasteiger partial charge in [0.25, 0.3) is 5.56 Å². The summed E-state index contributed by atoms with van der Waals surface area (Å²) in [6, 6.07) is 11.0. The van der Waals surface area contributed by atoms with Crippen molar-refractivity contribution in [3.8, 4) is 11.4 Å². The van der Waals surface area contributed by atoms with Gasteiger partial charge >= 0.3 is 17.9 Å². The first kappa shape index (κ1) is 28.0. The van der Waals surface area contributed by atoms with E-state index >= 15 is 0 Å². The van der Waals surface area contributed by atoms with Crippen molar-refractivity contribution in [3.63, 3.8) is 0 Å². The van der Waals surface area contributed by atoms with E-state index in [4.69, 9.17) is 19.2 Å². The van der Waals surface area contributed by atoms with Gasteiger partial charge in [-0.25, -0.2) is 9.78 Å². The smallest absolute Gasteiger partial charge is 0.343 e. The molecule has 9 heteroatoms. The fourth-order valence-corrected chi connectivity index (χ4v) is 4.82. The molecule has 2 aromatic heterocycles. The molecule has 4 rings (SSSR count). The molecule has 3 aromatic rings. The van der Waals surface area contributed by atoms with Gasteiger partial charge < -0.3 is 18.8 Å². The minimum absolute atomic E-state index is 0.126. The molecule has 39 heavy (non-hydrogen) atoms. The van der Waals surface area contributed by atoms with Gasteiger partial charge in [-0.3, -0.25) is 14.4 Å². The van der Waals surface area contributed by atoms with Crippen molar-refractivity contribution in [1.29, 1.82) is 0 Å². The van der Waals surface area contributed by atoms with Crippen molar-refractivity contribution in [3.05, 3.63) is 63.4 Å². The second kappa shape index (κ2) is 9.63. The molecular weight excluding hydrogens is 500 g/mol. The summed E-state index contributed by atoms with van der Waals surface area (Å²) in [5.41, 5.74) is -2.90. The third-order valence-electron chi connectivity index (χ3n) is 6.55. The molecule has 0 fully saturated rings. The van der Waals surface area contributed by atoms with E-state index < -0.39 is 45.6 Å². The number of para-hydroxylation sites is 1. The van der Waals surface area contributed by atoms with Crippen LogP contribution in [0.2, 0.25) is 0 Å². The maximum atomic E-state index is 14.0. The molecule has 0 spiro atoms. The van der Waals surface area contributed by atoms with Crippen LogP contribution in [0.5, 0.6) is 0 Å². The number of benzene rings is 1. The number of aromatic nitrogens is 2. The molecule has 0 aliphatic carbocycles. The highest BCUT2D eigenvalue weighted by molar-refractivity contribution is 6.09. The highest BCUT2D eigenvalue weighted by Gasteiger charge is 2.54. The average molecular weight is 535 g/mol. The molecule has 206 valence electrons. The van der Waals surface area contributed by atoms with Gasteiger partial charge in [0, 0.05) is 16.5 Å². The molecule has 0 N–H and O–H groups in total. The molecule has 0 saturated carbocycles. The Morgan fingerprint density at radius 1 is 0.949 bits per heavy atom. The predicted molar refractivity (Wildman–Crippen MR) is 146 cm³/mol. The largest absolute Gasteiger partial charge is 0.465 e. The van der Waals surface area contributed by atoms with Crippen molar-refractivity contribution < 1.29 is 28.6 Å². The van der Waals surface area contributed by atoms with Crippen LogP contribution in [-0.4, -0.2) is 45.8 Å². The number of carbonyl (C=O) groups is 3. The molecule has 3 heterocycles. The van der Waals surface area contributed by atoms with Gasteiger partial charge in [-0.2, -0.15) is 0 Å². The lowest BCUT2D eigenvalue weighted by molar-refractivity contribution is -0.178. The minimum Gasteiger partial charge on any atom is -0.465 e. The summed E-state index contributed by atoms with van der Waals surface area (Å²) < 4.78 is 17.8. The minimum atomic E-state index is -2.13. The number of nitrogens with zero attached hydrogens (tertiary/aromatic N) is 2. The summed E-state index contributed by atoms with van der Waals surface area (Å²) in [6.07, 6.45) is -0.137. The molecule has 0 saturated heterocycles. The number of ether oxygens (including phenoxy) is 3. The number of pyridine rings is 2. The Kier molecular flexibility index (Phi) is 6.91. The molecule has 9 nitrogen and oxygen atoms in total. The maximum absolute atomic E-state index is 14.0. The summed E-state index contributed by atoms with van der Waals surface area (Å²) in [7, 11) is 1.14. The van der Waals surface area contributed by atoms with E-state index in [0.717, 1.165) is 23.6 Å². The van der Waals surface area contributed by atoms with Gasteiger partial charge in [0.2, 0.25) is 0 Å². The average Bonchev–Trinajstić information content (AvgIpc) is 3.18. The number of hydrogen-bond acceptors (Lipinski definition) is 8. The van der Waals surface area contributed by atoms with E-state index in [1.165, 1.54) is 10.6 Å². The predicted octanol–water partition coefficient (Wildman–Crippen LogP) is 4.54. The van der Waals surface area contributed by atoms with Crippen molar-refractivity contribution in [1.82, 2.24) is 9.55 Å². The molecule has 0 bridgehead atoms. The topological polar surface area (TPSA) is 114 Å². The molecule has 1 aromatic carbocycles. The maximum Gasteiger partial charge on any atom is 0.343 e.